The minimum absolute atomic E-state index is 0.113. The quantitative estimate of drug-likeness (QED) is 0.330. The Labute approximate surface area is 193 Å². The molecule has 0 radical (unpaired) electrons. The first-order valence-electron chi connectivity index (χ1n) is 9.73. The molecule has 0 aliphatic rings. The Bertz CT molecular complexity index is 1220. The molecule has 0 saturated heterocycles. The van der Waals surface area contributed by atoms with E-state index in [1.807, 2.05) is 79.9 Å². The SMILES string of the molecule is Cc1ccc(NC(=O)C(C)Sc2nnc(-c3ccoc3C)n2-c2ccccc2)c(Br)c1. The van der Waals surface area contributed by atoms with Gasteiger partial charge >= 0.3 is 0 Å². The van der Waals surface area contributed by atoms with Gasteiger partial charge in [0.2, 0.25) is 5.91 Å². The highest BCUT2D eigenvalue weighted by atomic mass is 79.9. The third-order valence-electron chi connectivity index (χ3n) is 4.78. The maximum absolute atomic E-state index is 12.9. The number of aryl methyl sites for hydroxylation is 2. The lowest BCUT2D eigenvalue weighted by molar-refractivity contribution is -0.115. The second kappa shape index (κ2) is 9.11. The molecule has 1 amide bonds. The van der Waals surface area contributed by atoms with Crippen molar-refractivity contribution in [1.29, 1.82) is 0 Å². The van der Waals surface area contributed by atoms with Crippen molar-refractivity contribution in [3.8, 4) is 17.1 Å². The molecule has 158 valence electrons. The first-order chi connectivity index (χ1) is 14.9. The van der Waals surface area contributed by atoms with Crippen LogP contribution in [-0.2, 0) is 4.79 Å². The van der Waals surface area contributed by atoms with Gasteiger partial charge in [0.15, 0.2) is 11.0 Å². The smallest absolute Gasteiger partial charge is 0.237 e. The van der Waals surface area contributed by atoms with Crippen LogP contribution in [0.1, 0.15) is 18.2 Å². The number of amides is 1. The summed E-state index contributed by atoms with van der Waals surface area (Å²) < 4.78 is 8.27. The van der Waals surface area contributed by atoms with Gasteiger partial charge in [0, 0.05) is 10.2 Å². The van der Waals surface area contributed by atoms with Crippen molar-refractivity contribution in [3.63, 3.8) is 0 Å². The summed E-state index contributed by atoms with van der Waals surface area (Å²) in [5.41, 5.74) is 3.64. The van der Waals surface area contributed by atoms with Crippen LogP contribution in [0, 0.1) is 13.8 Å². The van der Waals surface area contributed by atoms with Gasteiger partial charge in [-0.25, -0.2) is 0 Å². The number of rotatable bonds is 6. The van der Waals surface area contributed by atoms with Crippen molar-refractivity contribution in [2.45, 2.75) is 31.2 Å². The van der Waals surface area contributed by atoms with E-state index in [0.29, 0.717) is 11.0 Å². The number of aromatic nitrogens is 3. The number of thioether (sulfide) groups is 1. The summed E-state index contributed by atoms with van der Waals surface area (Å²) in [6.07, 6.45) is 1.64. The molecule has 8 heteroatoms. The van der Waals surface area contributed by atoms with Crippen molar-refractivity contribution in [2.24, 2.45) is 0 Å². The zero-order valence-electron chi connectivity index (χ0n) is 17.3. The second-order valence-electron chi connectivity index (χ2n) is 7.10. The molecule has 0 aliphatic heterocycles. The fourth-order valence-corrected chi connectivity index (χ4v) is 4.57. The molecule has 6 nitrogen and oxygen atoms in total. The number of para-hydroxylation sites is 1. The molecule has 1 N–H and O–H groups in total. The van der Waals surface area contributed by atoms with E-state index in [1.54, 1.807) is 6.26 Å². The number of hydrogen-bond donors (Lipinski definition) is 1. The molecule has 2 aromatic carbocycles. The van der Waals surface area contributed by atoms with Crippen LogP contribution < -0.4 is 5.32 Å². The van der Waals surface area contributed by atoms with E-state index in [2.05, 4.69) is 31.4 Å². The van der Waals surface area contributed by atoms with E-state index >= 15 is 0 Å². The zero-order valence-corrected chi connectivity index (χ0v) is 19.7. The van der Waals surface area contributed by atoms with Crippen molar-refractivity contribution in [3.05, 3.63) is 76.7 Å². The standard InChI is InChI=1S/C23H21BrN4O2S/c1-14-9-10-20(19(24)13-14)25-22(29)16(3)31-23-27-26-21(18-11-12-30-15(18)2)28(23)17-7-5-4-6-8-17/h4-13,16H,1-3H3,(H,25,29). The molecule has 1 atom stereocenters. The first kappa shape index (κ1) is 21.4. The third-order valence-corrected chi connectivity index (χ3v) is 6.48. The number of anilines is 1. The highest BCUT2D eigenvalue weighted by Gasteiger charge is 2.23. The number of carbonyl (C=O) groups is 1. The van der Waals surface area contributed by atoms with Gasteiger partial charge in [0.25, 0.3) is 0 Å². The van der Waals surface area contributed by atoms with Crippen LogP contribution in [-0.4, -0.2) is 25.9 Å². The highest BCUT2D eigenvalue weighted by molar-refractivity contribution is 9.10. The van der Waals surface area contributed by atoms with Gasteiger partial charge in [-0.2, -0.15) is 0 Å². The lowest BCUT2D eigenvalue weighted by Gasteiger charge is -2.14. The summed E-state index contributed by atoms with van der Waals surface area (Å²) in [7, 11) is 0. The number of hydrogen-bond acceptors (Lipinski definition) is 5. The molecule has 0 fully saturated rings. The van der Waals surface area contributed by atoms with Crippen LogP contribution in [0.25, 0.3) is 17.1 Å². The lowest BCUT2D eigenvalue weighted by atomic mass is 10.2. The highest BCUT2D eigenvalue weighted by Crippen LogP contribution is 2.32. The van der Waals surface area contributed by atoms with Gasteiger partial charge in [-0.05, 0) is 72.6 Å². The number of furan rings is 1. The Morgan fingerprint density at radius 1 is 1.13 bits per heavy atom. The average Bonchev–Trinajstić information content (AvgIpc) is 3.36. The normalized spacial score (nSPS) is 12.0. The van der Waals surface area contributed by atoms with Gasteiger partial charge in [0.1, 0.15) is 5.76 Å². The lowest BCUT2D eigenvalue weighted by Crippen LogP contribution is -2.23. The largest absolute Gasteiger partial charge is 0.469 e. The van der Waals surface area contributed by atoms with Crippen molar-refractivity contribution in [1.82, 2.24) is 14.8 Å². The number of nitrogens with zero attached hydrogens (tertiary/aromatic N) is 3. The first-order valence-corrected chi connectivity index (χ1v) is 11.4. The van der Waals surface area contributed by atoms with Crippen LogP contribution in [0.2, 0.25) is 0 Å². The van der Waals surface area contributed by atoms with E-state index in [0.717, 1.165) is 32.7 Å². The van der Waals surface area contributed by atoms with E-state index in [1.165, 1.54) is 11.8 Å². The zero-order chi connectivity index (χ0) is 22.0. The Morgan fingerprint density at radius 3 is 2.58 bits per heavy atom. The maximum Gasteiger partial charge on any atom is 0.237 e. The van der Waals surface area contributed by atoms with Crippen molar-refractivity contribution < 1.29 is 9.21 Å². The summed E-state index contributed by atoms with van der Waals surface area (Å²) in [6.45, 7) is 5.75. The molecule has 2 heterocycles. The summed E-state index contributed by atoms with van der Waals surface area (Å²) in [5.74, 6) is 1.32. The van der Waals surface area contributed by atoms with E-state index in [4.69, 9.17) is 4.42 Å². The van der Waals surface area contributed by atoms with Gasteiger partial charge in [-0.1, -0.05) is 36.0 Å². The minimum Gasteiger partial charge on any atom is -0.469 e. The molecule has 4 aromatic rings. The van der Waals surface area contributed by atoms with Crippen LogP contribution in [0.4, 0.5) is 5.69 Å². The molecule has 31 heavy (non-hydrogen) atoms. The van der Waals surface area contributed by atoms with Crippen LogP contribution in [0.15, 0.2) is 74.9 Å². The molecule has 4 rings (SSSR count). The average molecular weight is 497 g/mol. The number of benzene rings is 2. The number of halogens is 1. The minimum atomic E-state index is -0.391. The Kier molecular flexibility index (Phi) is 6.29. The van der Waals surface area contributed by atoms with Crippen molar-refractivity contribution in [2.75, 3.05) is 5.32 Å². The molecule has 2 aromatic heterocycles. The third kappa shape index (κ3) is 4.60. The van der Waals surface area contributed by atoms with Crippen molar-refractivity contribution >= 4 is 39.3 Å². The number of carbonyl (C=O) groups excluding carboxylic acids is 1. The van der Waals surface area contributed by atoms with Crippen LogP contribution in [0.5, 0.6) is 0 Å². The topological polar surface area (TPSA) is 73.0 Å². The fourth-order valence-electron chi connectivity index (χ4n) is 3.12. The second-order valence-corrected chi connectivity index (χ2v) is 9.26. The van der Waals surface area contributed by atoms with E-state index in [9.17, 15) is 4.79 Å². The predicted molar refractivity (Wildman–Crippen MR) is 127 cm³/mol. The van der Waals surface area contributed by atoms with Gasteiger partial charge in [-0.3, -0.25) is 9.36 Å². The molecule has 0 saturated carbocycles. The molecule has 0 aliphatic carbocycles. The summed E-state index contributed by atoms with van der Waals surface area (Å²) in [4.78, 5) is 12.9. The van der Waals surface area contributed by atoms with E-state index < -0.39 is 5.25 Å². The van der Waals surface area contributed by atoms with Gasteiger partial charge in [-0.15, -0.1) is 10.2 Å². The summed E-state index contributed by atoms with van der Waals surface area (Å²) >= 11 is 4.87. The molecular weight excluding hydrogens is 476 g/mol. The predicted octanol–water partition coefficient (Wildman–Crippen LogP) is 6.03. The molecular formula is C23H21BrN4O2S. The molecule has 1 unspecified atom stereocenters. The molecule has 0 spiro atoms. The monoisotopic (exact) mass is 496 g/mol. The Morgan fingerprint density at radius 2 is 1.90 bits per heavy atom. The van der Waals surface area contributed by atoms with Crippen LogP contribution in [0.3, 0.4) is 0 Å². The Balaban J connectivity index is 1.63. The van der Waals surface area contributed by atoms with Gasteiger partial charge < -0.3 is 9.73 Å². The van der Waals surface area contributed by atoms with Crippen LogP contribution >= 0.6 is 27.7 Å². The van der Waals surface area contributed by atoms with Gasteiger partial charge in [0.05, 0.1) is 22.8 Å². The fraction of sp³-hybridized carbons (Fsp3) is 0.174. The maximum atomic E-state index is 12.9. The summed E-state index contributed by atoms with van der Waals surface area (Å²) in [5, 5.41) is 12.0. The molecule has 0 bridgehead atoms. The van der Waals surface area contributed by atoms with E-state index in [-0.39, 0.29) is 5.91 Å². The summed E-state index contributed by atoms with van der Waals surface area (Å²) in [6, 6.07) is 17.5. The number of nitrogens with one attached hydrogen (secondary N) is 1. The Hall–Kier alpha value is -2.84.